The molecular formula is C17H25N3. The first-order valence-corrected chi connectivity index (χ1v) is 7.79. The fourth-order valence-corrected chi connectivity index (χ4v) is 3.41. The summed E-state index contributed by atoms with van der Waals surface area (Å²) in [5.74, 6) is 1.13. The molecule has 1 aromatic carbocycles. The third kappa shape index (κ3) is 2.73. The molecule has 3 rings (SSSR count). The lowest BCUT2D eigenvalue weighted by atomic mass is 9.76. The molecule has 3 nitrogen and oxygen atoms in total. The van der Waals surface area contributed by atoms with Crippen molar-refractivity contribution in [1.82, 2.24) is 14.9 Å². The zero-order valence-corrected chi connectivity index (χ0v) is 12.7. The Balaban J connectivity index is 1.63. The third-order valence-electron chi connectivity index (χ3n) is 4.78. The minimum Gasteiger partial charge on any atom is -0.330 e. The molecule has 3 heteroatoms. The van der Waals surface area contributed by atoms with Gasteiger partial charge in [0.05, 0.1) is 17.6 Å². The molecule has 1 fully saturated rings. The van der Waals surface area contributed by atoms with Gasteiger partial charge in [0.25, 0.3) is 0 Å². The Labute approximate surface area is 121 Å². The van der Waals surface area contributed by atoms with Gasteiger partial charge in [-0.15, -0.1) is 0 Å². The summed E-state index contributed by atoms with van der Waals surface area (Å²) < 4.78 is 2.20. The molecule has 0 radical (unpaired) electrons. The molecule has 0 aliphatic heterocycles. The van der Waals surface area contributed by atoms with Crippen LogP contribution in [0.1, 0.15) is 44.9 Å². The lowest BCUT2D eigenvalue weighted by Crippen LogP contribution is -2.33. The van der Waals surface area contributed by atoms with Gasteiger partial charge >= 0.3 is 0 Å². The molecule has 20 heavy (non-hydrogen) atoms. The minimum absolute atomic E-state index is 0.489. The Morgan fingerprint density at radius 2 is 1.95 bits per heavy atom. The van der Waals surface area contributed by atoms with Gasteiger partial charge in [-0.05, 0) is 30.4 Å². The largest absolute Gasteiger partial charge is 0.330 e. The summed E-state index contributed by atoms with van der Waals surface area (Å²) in [6.07, 6.45) is 6.93. The zero-order valence-electron chi connectivity index (χ0n) is 12.7. The molecule has 0 atom stereocenters. The van der Waals surface area contributed by atoms with E-state index in [4.69, 9.17) is 4.98 Å². The first kappa shape index (κ1) is 13.6. The number of hydrogen-bond acceptors (Lipinski definition) is 2. The van der Waals surface area contributed by atoms with Gasteiger partial charge < -0.3 is 9.88 Å². The standard InChI is InChI=1S/C17H25N3/c1-17(10-6-3-7-11-17)13-18-12-16-19-14-8-4-5-9-15(14)20(16)2/h4-5,8-9,18H,3,6-7,10-13H2,1-2H3. The van der Waals surface area contributed by atoms with Crippen LogP contribution in [0.3, 0.4) is 0 Å². The van der Waals surface area contributed by atoms with E-state index in [1.165, 1.54) is 37.6 Å². The number of hydrogen-bond donors (Lipinski definition) is 1. The highest BCUT2D eigenvalue weighted by atomic mass is 15.1. The van der Waals surface area contributed by atoms with Crippen molar-refractivity contribution in [3.05, 3.63) is 30.1 Å². The maximum absolute atomic E-state index is 4.72. The lowest BCUT2D eigenvalue weighted by Gasteiger charge is -2.33. The average molecular weight is 271 g/mol. The van der Waals surface area contributed by atoms with Crippen LogP contribution in [0.5, 0.6) is 0 Å². The van der Waals surface area contributed by atoms with Gasteiger partial charge in [0, 0.05) is 13.6 Å². The molecule has 2 aromatic rings. The summed E-state index contributed by atoms with van der Waals surface area (Å²) in [5, 5.41) is 3.63. The van der Waals surface area contributed by atoms with Gasteiger partial charge in [-0.3, -0.25) is 0 Å². The number of para-hydroxylation sites is 2. The first-order chi connectivity index (χ1) is 9.68. The topological polar surface area (TPSA) is 29.9 Å². The second-order valence-corrected chi connectivity index (χ2v) is 6.55. The molecule has 1 heterocycles. The molecule has 1 aromatic heterocycles. The van der Waals surface area contributed by atoms with Crippen LogP contribution in [0.25, 0.3) is 11.0 Å². The molecule has 1 aliphatic carbocycles. The highest BCUT2D eigenvalue weighted by Gasteiger charge is 2.26. The van der Waals surface area contributed by atoms with E-state index in [0.717, 1.165) is 24.4 Å². The number of imidazole rings is 1. The molecule has 0 saturated heterocycles. The normalized spacial score (nSPS) is 18.5. The summed E-state index contributed by atoms with van der Waals surface area (Å²) in [4.78, 5) is 4.72. The summed E-state index contributed by atoms with van der Waals surface area (Å²) in [6, 6.07) is 8.34. The van der Waals surface area contributed by atoms with Crippen molar-refractivity contribution < 1.29 is 0 Å². The van der Waals surface area contributed by atoms with Crippen LogP contribution in [0, 0.1) is 5.41 Å². The number of benzene rings is 1. The molecule has 0 bridgehead atoms. The Bertz CT molecular complexity index is 579. The van der Waals surface area contributed by atoms with Crippen LogP contribution in [0.4, 0.5) is 0 Å². The van der Waals surface area contributed by atoms with E-state index in [1.54, 1.807) is 0 Å². The molecule has 0 spiro atoms. The minimum atomic E-state index is 0.489. The number of aryl methyl sites for hydroxylation is 1. The monoisotopic (exact) mass is 271 g/mol. The Kier molecular flexibility index (Phi) is 3.79. The van der Waals surface area contributed by atoms with Crippen LogP contribution in [-0.4, -0.2) is 16.1 Å². The summed E-state index contributed by atoms with van der Waals surface area (Å²) in [5.41, 5.74) is 2.80. The smallest absolute Gasteiger partial charge is 0.123 e. The third-order valence-corrected chi connectivity index (χ3v) is 4.78. The summed E-state index contributed by atoms with van der Waals surface area (Å²) in [7, 11) is 2.11. The number of rotatable bonds is 4. The van der Waals surface area contributed by atoms with Crippen molar-refractivity contribution in [3.8, 4) is 0 Å². The van der Waals surface area contributed by atoms with E-state index in [9.17, 15) is 0 Å². The number of aromatic nitrogens is 2. The lowest BCUT2D eigenvalue weighted by molar-refractivity contribution is 0.207. The van der Waals surface area contributed by atoms with Crippen molar-refractivity contribution in [2.45, 2.75) is 45.6 Å². The average Bonchev–Trinajstić information content (AvgIpc) is 2.77. The van der Waals surface area contributed by atoms with Gasteiger partial charge in [-0.1, -0.05) is 38.3 Å². The highest BCUT2D eigenvalue weighted by molar-refractivity contribution is 5.75. The number of fused-ring (bicyclic) bond motifs is 1. The van der Waals surface area contributed by atoms with Gasteiger partial charge in [0.2, 0.25) is 0 Å². The fourth-order valence-electron chi connectivity index (χ4n) is 3.41. The van der Waals surface area contributed by atoms with Crippen molar-refractivity contribution in [2.75, 3.05) is 6.54 Å². The second kappa shape index (κ2) is 5.57. The quantitative estimate of drug-likeness (QED) is 0.920. The van der Waals surface area contributed by atoms with E-state index < -0.39 is 0 Å². The van der Waals surface area contributed by atoms with Gasteiger partial charge in [0.1, 0.15) is 5.82 Å². The van der Waals surface area contributed by atoms with Crippen molar-refractivity contribution in [2.24, 2.45) is 12.5 Å². The predicted octanol–water partition coefficient (Wildman–Crippen LogP) is 3.63. The fraction of sp³-hybridized carbons (Fsp3) is 0.588. The maximum Gasteiger partial charge on any atom is 0.123 e. The van der Waals surface area contributed by atoms with Crippen molar-refractivity contribution in [3.63, 3.8) is 0 Å². The first-order valence-electron chi connectivity index (χ1n) is 7.79. The predicted molar refractivity (Wildman–Crippen MR) is 83.6 cm³/mol. The molecule has 108 valence electrons. The molecule has 1 aliphatic rings. The van der Waals surface area contributed by atoms with Crippen LogP contribution < -0.4 is 5.32 Å². The van der Waals surface area contributed by atoms with Gasteiger partial charge in [-0.2, -0.15) is 0 Å². The van der Waals surface area contributed by atoms with E-state index in [2.05, 4.69) is 48.1 Å². The van der Waals surface area contributed by atoms with Gasteiger partial charge in [0.15, 0.2) is 0 Å². The van der Waals surface area contributed by atoms with Crippen LogP contribution in [-0.2, 0) is 13.6 Å². The number of nitrogens with one attached hydrogen (secondary N) is 1. The zero-order chi connectivity index (χ0) is 14.0. The summed E-state index contributed by atoms with van der Waals surface area (Å²) >= 11 is 0. The Morgan fingerprint density at radius 3 is 2.70 bits per heavy atom. The SMILES string of the molecule is Cn1c(CNCC2(C)CCCCC2)nc2ccccc21. The summed E-state index contributed by atoms with van der Waals surface area (Å²) in [6.45, 7) is 4.39. The molecular weight excluding hydrogens is 246 g/mol. The van der Waals surface area contributed by atoms with Crippen LogP contribution >= 0.6 is 0 Å². The number of nitrogens with zero attached hydrogens (tertiary/aromatic N) is 2. The van der Waals surface area contributed by atoms with E-state index in [-0.39, 0.29) is 0 Å². The molecule has 0 amide bonds. The van der Waals surface area contributed by atoms with E-state index in [1.807, 2.05) is 0 Å². The van der Waals surface area contributed by atoms with E-state index in [0.29, 0.717) is 5.41 Å². The molecule has 1 N–H and O–H groups in total. The van der Waals surface area contributed by atoms with Crippen molar-refractivity contribution >= 4 is 11.0 Å². The Morgan fingerprint density at radius 1 is 1.20 bits per heavy atom. The van der Waals surface area contributed by atoms with Gasteiger partial charge in [-0.25, -0.2) is 4.98 Å². The van der Waals surface area contributed by atoms with Crippen molar-refractivity contribution in [1.29, 1.82) is 0 Å². The van der Waals surface area contributed by atoms with Crippen LogP contribution in [0.2, 0.25) is 0 Å². The Hall–Kier alpha value is -1.35. The molecule has 1 saturated carbocycles. The van der Waals surface area contributed by atoms with E-state index >= 15 is 0 Å². The highest BCUT2D eigenvalue weighted by Crippen LogP contribution is 2.34. The maximum atomic E-state index is 4.72. The second-order valence-electron chi connectivity index (χ2n) is 6.55. The molecule has 0 unspecified atom stereocenters. The van der Waals surface area contributed by atoms with Crippen LogP contribution in [0.15, 0.2) is 24.3 Å².